The van der Waals surface area contributed by atoms with Crippen LogP contribution in [0.1, 0.15) is 12.5 Å². The predicted molar refractivity (Wildman–Crippen MR) is 104 cm³/mol. The van der Waals surface area contributed by atoms with Crippen molar-refractivity contribution in [3.8, 4) is 5.75 Å². The minimum absolute atomic E-state index is 0.0239. The Morgan fingerprint density at radius 3 is 2.48 bits per heavy atom. The normalized spacial score (nSPS) is 11.8. The van der Waals surface area contributed by atoms with Crippen LogP contribution in [0.3, 0.4) is 0 Å². The number of hydrogen-bond acceptors (Lipinski definition) is 6. The number of ether oxygens (including phenoxy) is 1. The summed E-state index contributed by atoms with van der Waals surface area (Å²) in [7, 11) is 0. The molecule has 0 heterocycles. The van der Waals surface area contributed by atoms with Gasteiger partial charge >= 0.3 is 5.97 Å². The SMILES string of the molecule is CC(=NOCC(=O)O/N=C(\N)COc1cccc(Cl)c1)c1ccc(Cl)cc1. The highest BCUT2D eigenvalue weighted by atomic mass is 35.5. The number of carbonyl (C=O) groups excluding carboxylic acids is 1. The van der Waals surface area contributed by atoms with Crippen LogP contribution < -0.4 is 10.5 Å². The summed E-state index contributed by atoms with van der Waals surface area (Å²) in [6.45, 7) is 1.25. The second-order valence-corrected chi connectivity index (χ2v) is 6.12. The van der Waals surface area contributed by atoms with E-state index in [4.69, 9.17) is 38.5 Å². The van der Waals surface area contributed by atoms with Gasteiger partial charge in [0.25, 0.3) is 0 Å². The number of nitrogens with two attached hydrogens (primary N) is 1. The number of nitrogens with zero attached hydrogens (tertiary/aromatic N) is 2. The van der Waals surface area contributed by atoms with Gasteiger partial charge in [-0.05, 0) is 42.8 Å². The number of halogens is 2. The Bertz CT molecular complexity index is 839. The van der Waals surface area contributed by atoms with Crippen molar-refractivity contribution >= 4 is 40.7 Å². The molecular formula is C18H17Cl2N3O4. The van der Waals surface area contributed by atoms with Crippen molar-refractivity contribution < 1.29 is 19.2 Å². The van der Waals surface area contributed by atoms with E-state index in [0.29, 0.717) is 21.5 Å². The molecule has 0 unspecified atom stereocenters. The van der Waals surface area contributed by atoms with Gasteiger partial charge in [-0.15, -0.1) is 0 Å². The Kier molecular flexibility index (Phi) is 7.91. The van der Waals surface area contributed by atoms with Crippen LogP contribution in [0.2, 0.25) is 10.0 Å². The Morgan fingerprint density at radius 2 is 1.78 bits per heavy atom. The fourth-order valence-corrected chi connectivity index (χ4v) is 2.11. The Hall–Kier alpha value is -2.77. The van der Waals surface area contributed by atoms with E-state index >= 15 is 0 Å². The van der Waals surface area contributed by atoms with Crippen LogP contribution in [0, 0.1) is 0 Å². The molecule has 0 fully saturated rings. The molecule has 142 valence electrons. The number of amidine groups is 1. The summed E-state index contributed by atoms with van der Waals surface area (Å²) < 4.78 is 5.36. The maximum absolute atomic E-state index is 11.6. The zero-order valence-corrected chi connectivity index (χ0v) is 15.9. The van der Waals surface area contributed by atoms with Crippen LogP contribution in [0.15, 0.2) is 58.8 Å². The van der Waals surface area contributed by atoms with Gasteiger partial charge in [0.1, 0.15) is 12.4 Å². The molecule has 2 aromatic carbocycles. The first-order chi connectivity index (χ1) is 12.9. The van der Waals surface area contributed by atoms with Gasteiger partial charge in [-0.3, -0.25) is 0 Å². The summed E-state index contributed by atoms with van der Waals surface area (Å²) in [4.78, 5) is 21.1. The first kappa shape index (κ1) is 20.5. The molecule has 0 amide bonds. The van der Waals surface area contributed by atoms with Crippen molar-refractivity contribution in [2.75, 3.05) is 13.2 Å². The lowest BCUT2D eigenvalue weighted by Gasteiger charge is -2.05. The van der Waals surface area contributed by atoms with Crippen molar-refractivity contribution in [2.24, 2.45) is 16.0 Å². The highest BCUT2D eigenvalue weighted by molar-refractivity contribution is 6.31. The number of oxime groups is 2. The van der Waals surface area contributed by atoms with Gasteiger partial charge in [-0.25, -0.2) is 4.79 Å². The van der Waals surface area contributed by atoms with Crippen LogP contribution >= 0.6 is 23.2 Å². The van der Waals surface area contributed by atoms with Gasteiger partial charge in [-0.2, -0.15) is 0 Å². The second-order valence-electron chi connectivity index (χ2n) is 5.25. The molecular weight excluding hydrogens is 393 g/mol. The molecule has 0 aliphatic heterocycles. The molecule has 27 heavy (non-hydrogen) atoms. The predicted octanol–water partition coefficient (Wildman–Crippen LogP) is 3.63. The Morgan fingerprint density at radius 1 is 1.04 bits per heavy atom. The van der Waals surface area contributed by atoms with Crippen molar-refractivity contribution in [1.82, 2.24) is 0 Å². The third-order valence-electron chi connectivity index (χ3n) is 3.09. The molecule has 0 saturated carbocycles. The number of rotatable bonds is 8. The van der Waals surface area contributed by atoms with E-state index in [0.717, 1.165) is 5.56 Å². The summed E-state index contributed by atoms with van der Waals surface area (Å²) in [6, 6.07) is 13.8. The van der Waals surface area contributed by atoms with Crippen molar-refractivity contribution in [1.29, 1.82) is 0 Å². The maximum atomic E-state index is 11.6. The molecule has 9 heteroatoms. The molecule has 0 spiro atoms. The third kappa shape index (κ3) is 7.55. The van der Waals surface area contributed by atoms with E-state index < -0.39 is 12.6 Å². The van der Waals surface area contributed by atoms with Gasteiger partial charge in [0.2, 0.25) is 6.61 Å². The molecule has 0 atom stereocenters. The van der Waals surface area contributed by atoms with Crippen LogP contribution in [0.4, 0.5) is 0 Å². The third-order valence-corrected chi connectivity index (χ3v) is 3.58. The van der Waals surface area contributed by atoms with Gasteiger partial charge < -0.3 is 20.1 Å². The largest absolute Gasteiger partial charge is 0.486 e. The Balaban J connectivity index is 1.73. The number of benzene rings is 2. The summed E-state index contributed by atoms with van der Waals surface area (Å²) in [6.07, 6.45) is 0. The van der Waals surface area contributed by atoms with Crippen LogP contribution in [0.25, 0.3) is 0 Å². The van der Waals surface area contributed by atoms with E-state index in [1.165, 1.54) is 0 Å². The molecule has 0 saturated heterocycles. The van der Waals surface area contributed by atoms with Gasteiger partial charge in [-0.1, -0.05) is 51.7 Å². The topological polar surface area (TPSA) is 95.5 Å². The number of hydrogen-bond donors (Lipinski definition) is 1. The summed E-state index contributed by atoms with van der Waals surface area (Å²) >= 11 is 11.7. The summed E-state index contributed by atoms with van der Waals surface area (Å²) in [5, 5.41) is 8.45. The average molecular weight is 410 g/mol. The van der Waals surface area contributed by atoms with Crippen molar-refractivity contribution in [2.45, 2.75) is 6.92 Å². The first-order valence-electron chi connectivity index (χ1n) is 7.77. The quantitative estimate of drug-likeness (QED) is 0.310. The van der Waals surface area contributed by atoms with Crippen molar-refractivity contribution in [3.63, 3.8) is 0 Å². The van der Waals surface area contributed by atoms with E-state index in [1.54, 1.807) is 55.5 Å². The highest BCUT2D eigenvalue weighted by Crippen LogP contribution is 2.16. The highest BCUT2D eigenvalue weighted by Gasteiger charge is 2.05. The monoisotopic (exact) mass is 409 g/mol. The minimum Gasteiger partial charge on any atom is -0.486 e. The number of carbonyl (C=O) groups is 1. The molecule has 0 aliphatic rings. The fourth-order valence-electron chi connectivity index (χ4n) is 1.80. The standard InChI is InChI=1S/C18H17Cl2N3O4/c1-12(13-5-7-14(19)8-6-13)22-26-11-18(24)27-23-17(21)10-25-16-4-2-3-15(20)9-16/h2-9H,10-11H2,1H3,(H2,21,23). The molecule has 2 N–H and O–H groups in total. The molecule has 0 bridgehead atoms. The van der Waals surface area contributed by atoms with E-state index in [2.05, 4.69) is 15.1 Å². The van der Waals surface area contributed by atoms with Gasteiger partial charge in [0.15, 0.2) is 5.84 Å². The minimum atomic E-state index is -0.756. The lowest BCUT2D eigenvalue weighted by Crippen LogP contribution is -2.22. The Labute approximate surface area is 166 Å². The zero-order chi connectivity index (χ0) is 19.6. The van der Waals surface area contributed by atoms with E-state index in [1.807, 2.05) is 0 Å². The molecule has 2 rings (SSSR count). The maximum Gasteiger partial charge on any atom is 0.374 e. The smallest absolute Gasteiger partial charge is 0.374 e. The average Bonchev–Trinajstić information content (AvgIpc) is 2.65. The summed E-state index contributed by atoms with van der Waals surface area (Å²) in [5.41, 5.74) is 7.00. The van der Waals surface area contributed by atoms with Gasteiger partial charge in [0.05, 0.1) is 5.71 Å². The van der Waals surface area contributed by atoms with Crippen LogP contribution in [-0.4, -0.2) is 30.7 Å². The first-order valence-corrected chi connectivity index (χ1v) is 8.52. The zero-order valence-electron chi connectivity index (χ0n) is 14.4. The lowest BCUT2D eigenvalue weighted by atomic mass is 10.1. The van der Waals surface area contributed by atoms with Crippen LogP contribution in [-0.2, 0) is 14.5 Å². The van der Waals surface area contributed by atoms with Crippen molar-refractivity contribution in [3.05, 3.63) is 64.1 Å². The second kappa shape index (κ2) is 10.4. The molecule has 2 aromatic rings. The molecule has 0 aliphatic carbocycles. The molecule has 0 aromatic heterocycles. The van der Waals surface area contributed by atoms with Gasteiger partial charge in [0, 0.05) is 10.0 Å². The van der Waals surface area contributed by atoms with E-state index in [-0.39, 0.29) is 12.4 Å². The lowest BCUT2D eigenvalue weighted by molar-refractivity contribution is -0.149. The molecule has 0 radical (unpaired) electrons. The van der Waals surface area contributed by atoms with Crippen LogP contribution in [0.5, 0.6) is 5.75 Å². The summed E-state index contributed by atoms with van der Waals surface area (Å²) in [5.74, 6) is -0.264. The van der Waals surface area contributed by atoms with E-state index in [9.17, 15) is 4.79 Å². The fraction of sp³-hybridized carbons (Fsp3) is 0.167. The molecule has 7 nitrogen and oxygen atoms in total.